The van der Waals surface area contributed by atoms with Gasteiger partial charge in [-0.3, -0.25) is 0 Å². The molecular weight excluding hydrogens is 226 g/mol. The minimum atomic E-state index is -0.171. The summed E-state index contributed by atoms with van der Waals surface area (Å²) >= 11 is 0. The van der Waals surface area contributed by atoms with Gasteiger partial charge in [-0.1, -0.05) is 6.92 Å². The molecule has 0 amide bonds. The molecule has 0 aromatic rings. The fraction of sp³-hybridized carbons (Fsp3) is 1.00. The van der Waals surface area contributed by atoms with E-state index in [-0.39, 0.29) is 12.1 Å². The molecule has 1 rings (SSSR count). The summed E-state index contributed by atoms with van der Waals surface area (Å²) in [6.07, 6.45) is 2.41. The van der Waals surface area contributed by atoms with E-state index in [0.717, 1.165) is 32.0 Å². The molecule has 0 radical (unpaired) electrons. The maximum absolute atomic E-state index is 9.57. The summed E-state index contributed by atoms with van der Waals surface area (Å²) in [5.41, 5.74) is -0.171. The Morgan fingerprint density at radius 3 is 2.72 bits per heavy atom. The third-order valence-electron chi connectivity index (χ3n) is 3.83. The average Bonchev–Trinajstić information content (AvgIpc) is 2.72. The maximum atomic E-state index is 9.57. The molecule has 2 unspecified atom stereocenters. The minimum absolute atomic E-state index is 0.171. The number of likely N-dealkylation sites (tertiary alicyclic amines) is 1. The molecule has 2 N–H and O–H groups in total. The molecule has 0 aromatic heterocycles. The third kappa shape index (κ3) is 5.22. The van der Waals surface area contributed by atoms with Gasteiger partial charge in [0.2, 0.25) is 0 Å². The van der Waals surface area contributed by atoms with E-state index in [9.17, 15) is 5.11 Å². The molecule has 0 bridgehead atoms. The number of nitrogens with zero attached hydrogens (tertiary/aromatic N) is 2. The predicted molar refractivity (Wildman–Crippen MR) is 76.9 cm³/mol. The van der Waals surface area contributed by atoms with E-state index in [2.05, 4.69) is 43.1 Å². The lowest BCUT2D eigenvalue weighted by molar-refractivity contribution is 0.125. The monoisotopic (exact) mass is 257 g/mol. The smallest absolute Gasteiger partial charge is 0.0623 e. The Morgan fingerprint density at radius 2 is 2.22 bits per heavy atom. The molecule has 4 nitrogen and oxygen atoms in total. The Kier molecular flexibility index (Phi) is 6.57. The SMILES string of the molecule is CCCNC(C)(CO)CN(C)CC1CCN(C)C1. The average molecular weight is 257 g/mol. The zero-order valence-corrected chi connectivity index (χ0v) is 12.6. The summed E-state index contributed by atoms with van der Waals surface area (Å²) in [7, 11) is 4.36. The fourth-order valence-electron chi connectivity index (χ4n) is 2.86. The first-order valence-electron chi connectivity index (χ1n) is 7.22. The van der Waals surface area contributed by atoms with Crippen LogP contribution in [0.2, 0.25) is 0 Å². The highest BCUT2D eigenvalue weighted by molar-refractivity contribution is 4.86. The molecule has 1 fully saturated rings. The number of nitrogens with one attached hydrogen (secondary N) is 1. The highest BCUT2D eigenvalue weighted by Crippen LogP contribution is 2.16. The lowest BCUT2D eigenvalue weighted by Crippen LogP contribution is -2.54. The molecule has 108 valence electrons. The van der Waals surface area contributed by atoms with E-state index in [1.165, 1.54) is 19.5 Å². The van der Waals surface area contributed by atoms with Gasteiger partial charge >= 0.3 is 0 Å². The van der Waals surface area contributed by atoms with Crippen molar-refractivity contribution in [3.05, 3.63) is 0 Å². The zero-order chi connectivity index (χ0) is 13.6. The van der Waals surface area contributed by atoms with Crippen molar-refractivity contribution in [2.45, 2.75) is 32.2 Å². The number of likely N-dealkylation sites (N-methyl/N-ethyl adjacent to an activating group) is 1. The van der Waals surface area contributed by atoms with Crippen LogP contribution in [-0.4, -0.2) is 73.9 Å². The number of rotatable bonds is 8. The van der Waals surface area contributed by atoms with E-state index < -0.39 is 0 Å². The molecule has 0 saturated carbocycles. The van der Waals surface area contributed by atoms with Gasteiger partial charge in [0.15, 0.2) is 0 Å². The van der Waals surface area contributed by atoms with E-state index >= 15 is 0 Å². The van der Waals surface area contributed by atoms with Gasteiger partial charge in [-0.2, -0.15) is 0 Å². The fourth-order valence-corrected chi connectivity index (χ4v) is 2.86. The van der Waals surface area contributed by atoms with Crippen molar-refractivity contribution >= 4 is 0 Å². The van der Waals surface area contributed by atoms with E-state index in [4.69, 9.17) is 0 Å². The second-order valence-corrected chi connectivity index (χ2v) is 6.26. The molecular formula is C14H31N3O. The molecule has 1 saturated heterocycles. The second-order valence-electron chi connectivity index (χ2n) is 6.26. The van der Waals surface area contributed by atoms with Gasteiger partial charge in [-0.05, 0) is 52.9 Å². The molecule has 1 aliphatic heterocycles. The lowest BCUT2D eigenvalue weighted by Gasteiger charge is -2.34. The van der Waals surface area contributed by atoms with Crippen molar-refractivity contribution in [3.8, 4) is 0 Å². The summed E-state index contributed by atoms with van der Waals surface area (Å²) in [6, 6.07) is 0. The lowest BCUT2D eigenvalue weighted by atomic mass is 10.0. The van der Waals surface area contributed by atoms with E-state index in [1.807, 2.05) is 0 Å². The van der Waals surface area contributed by atoms with Crippen LogP contribution in [0.4, 0.5) is 0 Å². The van der Waals surface area contributed by atoms with Gasteiger partial charge in [0.1, 0.15) is 0 Å². The molecule has 0 aromatic carbocycles. The first kappa shape index (κ1) is 15.9. The quantitative estimate of drug-likeness (QED) is 0.669. The number of hydrogen-bond donors (Lipinski definition) is 2. The van der Waals surface area contributed by atoms with Gasteiger partial charge in [0.05, 0.1) is 12.1 Å². The molecule has 1 aliphatic rings. The Morgan fingerprint density at radius 1 is 1.50 bits per heavy atom. The Balaban J connectivity index is 2.34. The minimum Gasteiger partial charge on any atom is -0.394 e. The summed E-state index contributed by atoms with van der Waals surface area (Å²) in [5.74, 6) is 0.786. The summed E-state index contributed by atoms with van der Waals surface area (Å²) < 4.78 is 0. The first-order chi connectivity index (χ1) is 8.49. The van der Waals surface area contributed by atoms with Crippen molar-refractivity contribution in [2.24, 2.45) is 5.92 Å². The van der Waals surface area contributed by atoms with E-state index in [1.54, 1.807) is 0 Å². The normalized spacial score (nSPS) is 24.7. The van der Waals surface area contributed by atoms with Gasteiger partial charge in [0, 0.05) is 19.6 Å². The predicted octanol–water partition coefficient (Wildman–Crippen LogP) is 0.621. The van der Waals surface area contributed by atoms with Crippen LogP contribution in [0, 0.1) is 5.92 Å². The first-order valence-corrected chi connectivity index (χ1v) is 7.22. The van der Waals surface area contributed by atoms with Crippen LogP contribution < -0.4 is 5.32 Å². The van der Waals surface area contributed by atoms with Crippen LogP contribution >= 0.6 is 0 Å². The van der Waals surface area contributed by atoms with Gasteiger partial charge in [-0.25, -0.2) is 0 Å². The van der Waals surface area contributed by atoms with Gasteiger partial charge < -0.3 is 20.2 Å². The van der Waals surface area contributed by atoms with Crippen molar-refractivity contribution in [1.82, 2.24) is 15.1 Å². The van der Waals surface area contributed by atoms with Crippen LogP contribution in [0.25, 0.3) is 0 Å². The molecule has 1 heterocycles. The molecule has 0 aliphatic carbocycles. The van der Waals surface area contributed by atoms with Crippen LogP contribution in [0.15, 0.2) is 0 Å². The second kappa shape index (κ2) is 7.43. The molecule has 4 heteroatoms. The standard InChI is InChI=1S/C14H31N3O/c1-5-7-15-14(2,12-18)11-17(4)10-13-6-8-16(3)9-13/h13,15,18H,5-12H2,1-4H3. The van der Waals surface area contributed by atoms with Crippen LogP contribution in [-0.2, 0) is 0 Å². The summed E-state index contributed by atoms with van der Waals surface area (Å²) in [4.78, 5) is 4.77. The van der Waals surface area contributed by atoms with Crippen LogP contribution in [0.3, 0.4) is 0 Å². The largest absolute Gasteiger partial charge is 0.394 e. The Hall–Kier alpha value is -0.160. The van der Waals surface area contributed by atoms with Crippen molar-refractivity contribution in [3.63, 3.8) is 0 Å². The number of aliphatic hydroxyl groups is 1. The number of hydrogen-bond acceptors (Lipinski definition) is 4. The van der Waals surface area contributed by atoms with Gasteiger partial charge in [-0.15, -0.1) is 0 Å². The van der Waals surface area contributed by atoms with Crippen LogP contribution in [0.5, 0.6) is 0 Å². The van der Waals surface area contributed by atoms with Crippen LogP contribution in [0.1, 0.15) is 26.7 Å². The van der Waals surface area contributed by atoms with Crippen molar-refractivity contribution in [2.75, 3.05) is 53.4 Å². The molecule has 0 spiro atoms. The highest BCUT2D eigenvalue weighted by Gasteiger charge is 2.26. The summed E-state index contributed by atoms with van der Waals surface area (Å²) in [5, 5.41) is 13.0. The van der Waals surface area contributed by atoms with Gasteiger partial charge in [0.25, 0.3) is 0 Å². The Labute approximate surface area is 112 Å². The van der Waals surface area contributed by atoms with Crippen molar-refractivity contribution in [1.29, 1.82) is 0 Å². The molecule has 2 atom stereocenters. The maximum Gasteiger partial charge on any atom is 0.0623 e. The zero-order valence-electron chi connectivity index (χ0n) is 12.6. The number of aliphatic hydroxyl groups excluding tert-OH is 1. The topological polar surface area (TPSA) is 38.7 Å². The highest BCUT2D eigenvalue weighted by atomic mass is 16.3. The Bertz CT molecular complexity index is 237. The van der Waals surface area contributed by atoms with Crippen molar-refractivity contribution < 1.29 is 5.11 Å². The third-order valence-corrected chi connectivity index (χ3v) is 3.83. The summed E-state index contributed by atoms with van der Waals surface area (Å²) in [6.45, 7) is 9.91. The molecule has 18 heavy (non-hydrogen) atoms. The van der Waals surface area contributed by atoms with E-state index in [0.29, 0.717) is 0 Å².